The van der Waals surface area contributed by atoms with Crippen molar-refractivity contribution in [2.75, 3.05) is 27.2 Å². The van der Waals surface area contributed by atoms with Crippen LogP contribution in [0.15, 0.2) is 18.2 Å². The molecule has 0 amide bonds. The predicted octanol–water partition coefficient (Wildman–Crippen LogP) is 2.87. The summed E-state index contributed by atoms with van der Waals surface area (Å²) in [4.78, 5) is 14.1. The minimum Gasteiger partial charge on any atom is -0.495 e. The fourth-order valence-corrected chi connectivity index (χ4v) is 2.24. The Morgan fingerprint density at radius 3 is 2.78 bits per heavy atom. The van der Waals surface area contributed by atoms with Crippen LogP contribution in [0.5, 0.6) is 5.75 Å². The molecule has 1 aliphatic carbocycles. The molecule has 0 aliphatic heterocycles. The van der Waals surface area contributed by atoms with E-state index in [1.54, 1.807) is 25.3 Å². The fraction of sp³-hybridized carbons (Fsp3) is 0.500. The summed E-state index contributed by atoms with van der Waals surface area (Å²) in [5.41, 5.74) is 0.642. The van der Waals surface area contributed by atoms with E-state index in [9.17, 15) is 4.79 Å². The highest BCUT2D eigenvalue weighted by molar-refractivity contribution is 6.32. The van der Waals surface area contributed by atoms with E-state index in [1.807, 2.05) is 7.05 Å². The van der Waals surface area contributed by atoms with Crippen molar-refractivity contribution in [2.45, 2.75) is 12.8 Å². The first kappa shape index (κ1) is 13.4. The average molecular weight is 268 g/mol. The van der Waals surface area contributed by atoms with Crippen molar-refractivity contribution in [3.63, 3.8) is 0 Å². The maximum Gasteiger partial charge on any atom is 0.176 e. The number of Topliss-reactive ketones (excluding diaryl/α,β-unsaturated/α-hetero) is 1. The maximum absolute atomic E-state index is 12.1. The predicted molar refractivity (Wildman–Crippen MR) is 72.6 cm³/mol. The molecule has 1 aliphatic rings. The van der Waals surface area contributed by atoms with Crippen molar-refractivity contribution in [1.29, 1.82) is 0 Å². The second kappa shape index (κ2) is 5.72. The van der Waals surface area contributed by atoms with Crippen molar-refractivity contribution >= 4 is 17.4 Å². The molecule has 0 radical (unpaired) electrons. The van der Waals surface area contributed by atoms with Gasteiger partial charge in [0.05, 0.1) is 18.7 Å². The Hall–Kier alpha value is -1.06. The lowest BCUT2D eigenvalue weighted by Crippen LogP contribution is -2.27. The normalized spacial score (nSPS) is 14.9. The Bertz CT molecular complexity index is 443. The average Bonchev–Trinajstić information content (AvgIpc) is 3.12. The second-order valence-electron chi connectivity index (χ2n) is 4.91. The summed E-state index contributed by atoms with van der Waals surface area (Å²) in [7, 11) is 3.55. The van der Waals surface area contributed by atoms with Crippen LogP contribution in [-0.2, 0) is 0 Å². The van der Waals surface area contributed by atoms with Gasteiger partial charge in [-0.2, -0.15) is 0 Å². The largest absolute Gasteiger partial charge is 0.495 e. The highest BCUT2D eigenvalue weighted by atomic mass is 35.5. The number of rotatable bonds is 6. The molecule has 0 spiro atoms. The van der Waals surface area contributed by atoms with Crippen LogP contribution < -0.4 is 4.74 Å². The van der Waals surface area contributed by atoms with Gasteiger partial charge in [-0.3, -0.25) is 9.69 Å². The van der Waals surface area contributed by atoms with E-state index < -0.39 is 0 Å². The number of nitrogens with zero attached hydrogens (tertiary/aromatic N) is 1. The zero-order chi connectivity index (χ0) is 13.1. The Labute approximate surface area is 113 Å². The zero-order valence-electron chi connectivity index (χ0n) is 10.8. The Balaban J connectivity index is 1.97. The summed E-state index contributed by atoms with van der Waals surface area (Å²) in [6, 6.07) is 5.17. The number of ketones is 1. The first-order valence-electron chi connectivity index (χ1n) is 6.15. The van der Waals surface area contributed by atoms with Gasteiger partial charge in [0.15, 0.2) is 5.78 Å². The Morgan fingerprint density at radius 1 is 1.50 bits per heavy atom. The van der Waals surface area contributed by atoms with E-state index in [1.165, 1.54) is 12.8 Å². The van der Waals surface area contributed by atoms with E-state index in [0.29, 0.717) is 22.9 Å². The molecule has 0 atom stereocenters. The van der Waals surface area contributed by atoms with Crippen molar-refractivity contribution in [3.8, 4) is 5.75 Å². The number of hydrogen-bond acceptors (Lipinski definition) is 3. The molecular formula is C14H18ClNO2. The van der Waals surface area contributed by atoms with Gasteiger partial charge >= 0.3 is 0 Å². The smallest absolute Gasteiger partial charge is 0.176 e. The van der Waals surface area contributed by atoms with Crippen LogP contribution >= 0.6 is 11.6 Å². The molecule has 4 heteroatoms. The molecule has 3 nitrogen and oxygen atoms in total. The van der Waals surface area contributed by atoms with Gasteiger partial charge in [0.1, 0.15) is 5.75 Å². The monoisotopic (exact) mass is 267 g/mol. The summed E-state index contributed by atoms with van der Waals surface area (Å²) < 4.78 is 5.07. The minimum atomic E-state index is 0.0997. The third kappa shape index (κ3) is 3.47. The van der Waals surface area contributed by atoms with Gasteiger partial charge in [-0.1, -0.05) is 11.6 Å². The molecular weight excluding hydrogens is 250 g/mol. The number of methoxy groups -OCH3 is 1. The maximum atomic E-state index is 12.1. The first-order valence-corrected chi connectivity index (χ1v) is 6.53. The molecule has 0 saturated heterocycles. The number of likely N-dealkylation sites (N-methyl/N-ethyl adjacent to an activating group) is 1. The van der Waals surface area contributed by atoms with Crippen LogP contribution in [0.2, 0.25) is 5.02 Å². The number of halogens is 1. The topological polar surface area (TPSA) is 29.5 Å². The van der Waals surface area contributed by atoms with Gasteiger partial charge in [0.25, 0.3) is 0 Å². The van der Waals surface area contributed by atoms with Crippen LogP contribution in [0.4, 0.5) is 0 Å². The van der Waals surface area contributed by atoms with Crippen LogP contribution in [0.25, 0.3) is 0 Å². The van der Waals surface area contributed by atoms with Crippen molar-refractivity contribution in [3.05, 3.63) is 28.8 Å². The summed E-state index contributed by atoms with van der Waals surface area (Å²) in [5, 5.41) is 0.480. The zero-order valence-corrected chi connectivity index (χ0v) is 11.5. The van der Waals surface area contributed by atoms with E-state index >= 15 is 0 Å². The van der Waals surface area contributed by atoms with Crippen molar-refractivity contribution in [2.24, 2.45) is 5.92 Å². The van der Waals surface area contributed by atoms with E-state index in [-0.39, 0.29) is 5.78 Å². The van der Waals surface area contributed by atoms with E-state index in [0.717, 1.165) is 12.5 Å². The molecule has 0 aromatic heterocycles. The molecule has 0 unspecified atom stereocenters. The van der Waals surface area contributed by atoms with E-state index in [2.05, 4.69) is 4.90 Å². The molecule has 0 heterocycles. The van der Waals surface area contributed by atoms with Crippen LogP contribution in [0, 0.1) is 5.92 Å². The number of carbonyl (C=O) groups is 1. The number of ether oxygens (including phenoxy) is 1. The highest BCUT2D eigenvalue weighted by Gasteiger charge is 2.23. The first-order chi connectivity index (χ1) is 8.60. The lowest BCUT2D eigenvalue weighted by molar-refractivity contribution is 0.0944. The molecule has 2 rings (SSSR count). The molecule has 18 heavy (non-hydrogen) atoms. The number of carbonyl (C=O) groups excluding carboxylic acids is 1. The van der Waals surface area contributed by atoms with E-state index in [4.69, 9.17) is 16.3 Å². The fourth-order valence-electron chi connectivity index (χ4n) is 1.98. The standard InChI is InChI=1S/C14H18ClNO2/c1-16(8-10-3-4-10)9-13(17)11-5-6-14(18-2)12(15)7-11/h5-7,10H,3-4,8-9H2,1-2H3. The molecule has 1 aromatic rings. The molecule has 0 bridgehead atoms. The summed E-state index contributed by atoms with van der Waals surface area (Å²) >= 11 is 6.01. The van der Waals surface area contributed by atoms with Crippen LogP contribution in [0.1, 0.15) is 23.2 Å². The van der Waals surface area contributed by atoms with Crippen molar-refractivity contribution in [1.82, 2.24) is 4.90 Å². The molecule has 98 valence electrons. The number of hydrogen-bond donors (Lipinski definition) is 0. The highest BCUT2D eigenvalue weighted by Crippen LogP contribution is 2.29. The van der Waals surface area contributed by atoms with Gasteiger partial charge in [0, 0.05) is 12.1 Å². The molecule has 1 fully saturated rings. The van der Waals surface area contributed by atoms with Crippen molar-refractivity contribution < 1.29 is 9.53 Å². The molecule has 1 aromatic carbocycles. The second-order valence-corrected chi connectivity index (χ2v) is 5.32. The summed E-state index contributed by atoms with van der Waals surface area (Å²) in [6.07, 6.45) is 2.60. The quantitative estimate of drug-likeness (QED) is 0.743. The lowest BCUT2D eigenvalue weighted by Gasteiger charge is -2.15. The van der Waals surface area contributed by atoms with Gasteiger partial charge < -0.3 is 4.74 Å². The van der Waals surface area contributed by atoms with Gasteiger partial charge in [0.2, 0.25) is 0 Å². The van der Waals surface area contributed by atoms with Crippen LogP contribution in [-0.4, -0.2) is 37.9 Å². The summed E-state index contributed by atoms with van der Waals surface area (Å²) in [6.45, 7) is 1.45. The molecule has 0 N–H and O–H groups in total. The van der Waals surface area contributed by atoms with Gasteiger partial charge in [-0.05, 0) is 44.0 Å². The SMILES string of the molecule is COc1ccc(C(=O)CN(C)CC2CC2)cc1Cl. The number of benzene rings is 1. The third-order valence-electron chi connectivity index (χ3n) is 3.15. The van der Waals surface area contributed by atoms with Gasteiger partial charge in [-0.15, -0.1) is 0 Å². The summed E-state index contributed by atoms with van der Waals surface area (Å²) in [5.74, 6) is 1.49. The lowest BCUT2D eigenvalue weighted by atomic mass is 10.1. The van der Waals surface area contributed by atoms with Gasteiger partial charge in [-0.25, -0.2) is 0 Å². The Morgan fingerprint density at radius 2 is 2.22 bits per heavy atom. The third-order valence-corrected chi connectivity index (χ3v) is 3.45. The van der Waals surface area contributed by atoms with Crippen LogP contribution in [0.3, 0.4) is 0 Å². The molecule has 1 saturated carbocycles. The minimum absolute atomic E-state index is 0.0997. The Kier molecular flexibility index (Phi) is 4.25.